The molecule has 32 heavy (non-hydrogen) atoms. The lowest BCUT2D eigenvalue weighted by atomic mass is 10.0. The maximum atomic E-state index is 12.7. The zero-order valence-electron chi connectivity index (χ0n) is 16.6. The number of fused-ring (bicyclic) bond motifs is 1. The first-order chi connectivity index (χ1) is 15.5. The molecule has 0 radical (unpaired) electrons. The van der Waals surface area contributed by atoms with E-state index in [2.05, 4.69) is 47.6 Å². The number of benzene rings is 3. The van der Waals surface area contributed by atoms with Crippen molar-refractivity contribution < 1.29 is 9.59 Å². The molecule has 10 heteroatoms. The molecular weight excluding hydrogens is 474 g/mol. The monoisotopic (exact) mass is 491 g/mol. The minimum absolute atomic E-state index is 0.113. The molecule has 4 aromatic rings. The maximum absolute atomic E-state index is 12.7. The fraction of sp³-hybridized carbons (Fsp3) is 0. The Morgan fingerprint density at radius 3 is 2.12 bits per heavy atom. The van der Waals surface area contributed by atoms with Gasteiger partial charge in [0.05, 0.1) is 0 Å². The molecule has 4 rings (SSSR count). The van der Waals surface area contributed by atoms with Crippen LogP contribution in [0.25, 0.3) is 10.8 Å². The highest BCUT2D eigenvalue weighted by Crippen LogP contribution is 2.22. The predicted molar refractivity (Wildman–Crippen MR) is 127 cm³/mol. The van der Waals surface area contributed by atoms with Crippen molar-refractivity contribution in [3.05, 3.63) is 88.7 Å². The van der Waals surface area contributed by atoms with Gasteiger partial charge in [0.15, 0.2) is 11.6 Å². The Morgan fingerprint density at radius 2 is 1.41 bits per heavy atom. The van der Waals surface area contributed by atoms with Crippen LogP contribution < -0.4 is 27.4 Å². The molecule has 2 amide bonds. The van der Waals surface area contributed by atoms with Gasteiger partial charge in [0, 0.05) is 15.6 Å². The van der Waals surface area contributed by atoms with Gasteiger partial charge in [0.1, 0.15) is 12.0 Å². The average Bonchev–Trinajstić information content (AvgIpc) is 2.82. The van der Waals surface area contributed by atoms with Crippen LogP contribution >= 0.6 is 15.9 Å². The summed E-state index contributed by atoms with van der Waals surface area (Å²) in [5, 5.41) is 1.78. The smallest absolute Gasteiger partial charge is 0.270 e. The van der Waals surface area contributed by atoms with E-state index in [9.17, 15) is 9.59 Å². The Hall–Kier alpha value is -4.18. The van der Waals surface area contributed by atoms with Gasteiger partial charge in [-0.25, -0.2) is 9.97 Å². The summed E-state index contributed by atoms with van der Waals surface area (Å²) in [5.41, 5.74) is 17.6. The number of nitrogens with zero attached hydrogens (tertiary/aromatic N) is 2. The van der Waals surface area contributed by atoms with E-state index in [0.29, 0.717) is 11.1 Å². The Bertz CT molecular complexity index is 1290. The van der Waals surface area contributed by atoms with Crippen LogP contribution in [0, 0.1) is 0 Å². The van der Waals surface area contributed by atoms with E-state index in [-0.39, 0.29) is 29.1 Å². The van der Waals surface area contributed by atoms with E-state index in [1.165, 1.54) is 6.33 Å². The number of carbonyl (C=O) groups excluding carboxylic acids is 2. The van der Waals surface area contributed by atoms with Crippen LogP contribution in [0.2, 0.25) is 0 Å². The van der Waals surface area contributed by atoms with Crippen LogP contribution in [0.15, 0.2) is 77.5 Å². The van der Waals surface area contributed by atoms with E-state index >= 15 is 0 Å². The molecule has 0 spiro atoms. The molecule has 0 bridgehead atoms. The number of nitrogens with two attached hydrogens (primary N) is 1. The van der Waals surface area contributed by atoms with Crippen LogP contribution in [0.4, 0.5) is 17.3 Å². The number of anilines is 3. The summed E-state index contributed by atoms with van der Waals surface area (Å²) in [6.07, 6.45) is 1.25. The first kappa shape index (κ1) is 21.1. The molecule has 1 heterocycles. The molecule has 1 aromatic heterocycles. The van der Waals surface area contributed by atoms with Gasteiger partial charge in [-0.15, -0.1) is 0 Å². The molecule has 0 unspecified atom stereocenters. The zero-order valence-corrected chi connectivity index (χ0v) is 18.2. The van der Waals surface area contributed by atoms with E-state index in [0.717, 1.165) is 15.2 Å². The summed E-state index contributed by atoms with van der Waals surface area (Å²) in [7, 11) is 0. The second kappa shape index (κ2) is 9.31. The number of aromatic nitrogens is 2. The highest BCUT2D eigenvalue weighted by atomic mass is 79.9. The summed E-state index contributed by atoms with van der Waals surface area (Å²) in [6, 6.07) is 19.9. The molecule has 0 saturated heterocycles. The number of rotatable bonds is 6. The Balaban J connectivity index is 1.42. The molecule has 6 N–H and O–H groups in total. The third-order valence-corrected chi connectivity index (χ3v) is 5.14. The largest absolute Gasteiger partial charge is 0.393 e. The van der Waals surface area contributed by atoms with Crippen LogP contribution in [0.3, 0.4) is 0 Å². The first-order valence-electron chi connectivity index (χ1n) is 9.49. The maximum Gasteiger partial charge on any atom is 0.270 e. The standard InChI is InChI=1S/C22H18BrN7O2/c23-15-10-8-14(9-11-15)21(31)29-27-19-18(24)20(26-12-25-19)28-30-22(32)17-7-3-5-13-4-1-2-6-16(13)17/h1-12H,24H2,(H,29,31)(H,30,32)(H2,25,26,27,28). The Labute approximate surface area is 191 Å². The minimum Gasteiger partial charge on any atom is -0.393 e. The summed E-state index contributed by atoms with van der Waals surface area (Å²) in [4.78, 5) is 33.0. The predicted octanol–water partition coefficient (Wildman–Crippen LogP) is 3.49. The molecule has 0 aliphatic carbocycles. The van der Waals surface area contributed by atoms with Gasteiger partial charge in [-0.05, 0) is 41.1 Å². The SMILES string of the molecule is Nc1c(NNC(=O)c2ccc(Br)cc2)ncnc1NNC(=O)c1cccc2ccccc12. The van der Waals surface area contributed by atoms with E-state index in [1.807, 2.05) is 36.4 Å². The van der Waals surface area contributed by atoms with Crippen LogP contribution in [0.5, 0.6) is 0 Å². The number of hydrogen-bond donors (Lipinski definition) is 5. The molecule has 160 valence electrons. The van der Waals surface area contributed by atoms with Crippen LogP contribution in [-0.2, 0) is 0 Å². The highest BCUT2D eigenvalue weighted by Gasteiger charge is 2.13. The summed E-state index contributed by atoms with van der Waals surface area (Å²) in [5.74, 6) is -0.367. The van der Waals surface area contributed by atoms with Gasteiger partial charge in [0.25, 0.3) is 11.8 Å². The Kier molecular flexibility index (Phi) is 6.13. The number of halogens is 1. The first-order valence-corrected chi connectivity index (χ1v) is 10.3. The van der Waals surface area contributed by atoms with Gasteiger partial charge < -0.3 is 5.73 Å². The fourth-order valence-corrected chi connectivity index (χ4v) is 3.26. The third-order valence-electron chi connectivity index (χ3n) is 4.61. The number of amides is 2. The number of hydrazine groups is 2. The second-order valence-corrected chi connectivity index (χ2v) is 7.59. The van der Waals surface area contributed by atoms with Crippen molar-refractivity contribution in [2.45, 2.75) is 0 Å². The van der Waals surface area contributed by atoms with Crippen molar-refractivity contribution in [3.8, 4) is 0 Å². The second-order valence-electron chi connectivity index (χ2n) is 6.68. The molecule has 0 aliphatic heterocycles. The number of nitrogen functional groups attached to an aromatic ring is 1. The third kappa shape index (κ3) is 4.60. The zero-order chi connectivity index (χ0) is 22.5. The van der Waals surface area contributed by atoms with Gasteiger partial charge in [-0.1, -0.05) is 52.3 Å². The van der Waals surface area contributed by atoms with E-state index < -0.39 is 0 Å². The minimum atomic E-state index is -0.366. The fourth-order valence-electron chi connectivity index (χ4n) is 2.99. The molecule has 3 aromatic carbocycles. The number of hydrogen-bond acceptors (Lipinski definition) is 7. The van der Waals surface area contributed by atoms with Crippen molar-refractivity contribution >= 4 is 55.8 Å². The lowest BCUT2D eigenvalue weighted by Gasteiger charge is -2.14. The molecule has 0 aliphatic rings. The van der Waals surface area contributed by atoms with Crippen molar-refractivity contribution in [2.24, 2.45) is 0 Å². The normalized spacial score (nSPS) is 10.4. The van der Waals surface area contributed by atoms with E-state index in [4.69, 9.17) is 5.73 Å². The highest BCUT2D eigenvalue weighted by molar-refractivity contribution is 9.10. The molecule has 0 fully saturated rings. The van der Waals surface area contributed by atoms with Gasteiger partial charge in [-0.3, -0.25) is 31.3 Å². The summed E-state index contributed by atoms with van der Waals surface area (Å²) in [6.45, 7) is 0. The summed E-state index contributed by atoms with van der Waals surface area (Å²) < 4.78 is 0.864. The Morgan fingerprint density at radius 1 is 0.781 bits per heavy atom. The van der Waals surface area contributed by atoms with Gasteiger partial charge >= 0.3 is 0 Å². The number of nitrogens with one attached hydrogen (secondary N) is 4. The topological polar surface area (TPSA) is 134 Å². The lowest BCUT2D eigenvalue weighted by Crippen LogP contribution is -2.32. The molecular formula is C22H18BrN7O2. The quantitative estimate of drug-likeness (QED) is 0.260. The molecule has 0 atom stereocenters. The van der Waals surface area contributed by atoms with Gasteiger partial charge in [0.2, 0.25) is 0 Å². The van der Waals surface area contributed by atoms with Crippen LogP contribution in [0.1, 0.15) is 20.7 Å². The van der Waals surface area contributed by atoms with Crippen molar-refractivity contribution in [3.63, 3.8) is 0 Å². The lowest BCUT2D eigenvalue weighted by molar-refractivity contribution is 0.0955. The van der Waals surface area contributed by atoms with Crippen molar-refractivity contribution in [1.29, 1.82) is 0 Å². The van der Waals surface area contributed by atoms with Crippen molar-refractivity contribution in [2.75, 3.05) is 16.6 Å². The van der Waals surface area contributed by atoms with E-state index in [1.54, 1.807) is 30.3 Å². The molecule has 0 saturated carbocycles. The van der Waals surface area contributed by atoms with Crippen molar-refractivity contribution in [1.82, 2.24) is 20.8 Å². The molecule has 9 nitrogen and oxygen atoms in total. The number of carbonyl (C=O) groups is 2. The summed E-state index contributed by atoms with van der Waals surface area (Å²) >= 11 is 3.32. The average molecular weight is 492 g/mol. The van der Waals surface area contributed by atoms with Crippen LogP contribution in [-0.4, -0.2) is 21.8 Å². The van der Waals surface area contributed by atoms with Gasteiger partial charge in [-0.2, -0.15) is 0 Å².